The Hall–Kier alpha value is -1.92. The van der Waals surface area contributed by atoms with Crippen molar-refractivity contribution in [1.29, 1.82) is 0 Å². The van der Waals surface area contributed by atoms with Crippen LogP contribution in [0, 0.1) is 0 Å². The lowest BCUT2D eigenvalue weighted by atomic mass is 10.2. The molecule has 1 aromatic heterocycles. The van der Waals surface area contributed by atoms with Crippen LogP contribution in [0.1, 0.15) is 30.7 Å². The minimum Gasteiger partial charge on any atom is -0.406 e. The zero-order valence-corrected chi connectivity index (χ0v) is 12.7. The van der Waals surface area contributed by atoms with E-state index in [-0.39, 0.29) is 12.1 Å². The van der Waals surface area contributed by atoms with Gasteiger partial charge in [-0.2, -0.15) is 0 Å². The number of nitrogens with zero attached hydrogens (tertiary/aromatic N) is 2. The molecule has 0 spiro atoms. The highest BCUT2D eigenvalue weighted by molar-refractivity contribution is 5.21. The monoisotopic (exact) mass is 303 g/mol. The van der Waals surface area contributed by atoms with E-state index in [9.17, 15) is 0 Å². The molecule has 0 aliphatic heterocycles. The zero-order valence-electron chi connectivity index (χ0n) is 12.7. The van der Waals surface area contributed by atoms with Crippen LogP contribution in [0.15, 0.2) is 34.7 Å². The molecule has 6 nitrogen and oxygen atoms in total. The van der Waals surface area contributed by atoms with Gasteiger partial charge in [-0.3, -0.25) is 0 Å². The van der Waals surface area contributed by atoms with Crippen LogP contribution in [0.3, 0.4) is 0 Å². The summed E-state index contributed by atoms with van der Waals surface area (Å²) in [6.45, 7) is 0.954. The van der Waals surface area contributed by atoms with Crippen molar-refractivity contribution >= 4 is 6.01 Å². The van der Waals surface area contributed by atoms with Crippen molar-refractivity contribution in [1.82, 2.24) is 10.2 Å². The van der Waals surface area contributed by atoms with Gasteiger partial charge in [0.2, 0.25) is 5.89 Å². The molecule has 22 heavy (non-hydrogen) atoms. The summed E-state index contributed by atoms with van der Waals surface area (Å²) in [5, 5.41) is 11.2. The summed E-state index contributed by atoms with van der Waals surface area (Å²) in [5.41, 5.74) is 1.19. The molecular formula is C16H21N3O3. The fraction of sp³-hybridized carbons (Fsp3) is 0.500. The van der Waals surface area contributed by atoms with Crippen molar-refractivity contribution in [3.63, 3.8) is 0 Å². The van der Waals surface area contributed by atoms with Crippen molar-refractivity contribution in [2.24, 2.45) is 0 Å². The van der Waals surface area contributed by atoms with Crippen molar-refractivity contribution in [2.45, 2.75) is 44.6 Å². The second-order valence-electron chi connectivity index (χ2n) is 5.45. The quantitative estimate of drug-likeness (QED) is 0.848. The van der Waals surface area contributed by atoms with Gasteiger partial charge in [0, 0.05) is 7.11 Å². The number of nitrogens with one attached hydrogen (secondary N) is 1. The normalized spacial score (nSPS) is 21.1. The van der Waals surface area contributed by atoms with Crippen molar-refractivity contribution in [2.75, 3.05) is 12.4 Å². The molecule has 1 aromatic carbocycles. The lowest BCUT2D eigenvalue weighted by molar-refractivity contribution is 0.0390. The molecule has 118 valence electrons. The third kappa shape index (κ3) is 3.84. The van der Waals surface area contributed by atoms with Gasteiger partial charge >= 0.3 is 6.01 Å². The minimum atomic E-state index is 0.165. The van der Waals surface area contributed by atoms with E-state index < -0.39 is 0 Å². The van der Waals surface area contributed by atoms with E-state index in [1.165, 1.54) is 5.56 Å². The molecule has 1 fully saturated rings. The molecule has 1 N–H and O–H groups in total. The SMILES string of the molecule is COCc1nnc(N[C@@H]2CCC[C@H]2OCc2ccccc2)o1. The van der Waals surface area contributed by atoms with E-state index >= 15 is 0 Å². The predicted octanol–water partition coefficient (Wildman–Crippen LogP) is 2.77. The topological polar surface area (TPSA) is 69.4 Å². The largest absolute Gasteiger partial charge is 0.406 e. The average Bonchev–Trinajstić information content (AvgIpc) is 3.17. The number of aromatic nitrogens is 2. The van der Waals surface area contributed by atoms with Crippen LogP contribution < -0.4 is 5.32 Å². The molecule has 2 aromatic rings. The molecule has 6 heteroatoms. The molecule has 1 aliphatic rings. The fourth-order valence-corrected chi connectivity index (χ4v) is 2.72. The maximum atomic E-state index is 6.05. The molecule has 0 bridgehead atoms. The standard InChI is InChI=1S/C16H21N3O3/c1-20-11-15-18-19-16(22-15)17-13-8-5-9-14(13)21-10-12-6-3-2-4-7-12/h2-4,6-7,13-14H,5,8-11H2,1H3,(H,17,19)/t13-,14-/m1/s1. The van der Waals surface area contributed by atoms with Gasteiger partial charge in [-0.1, -0.05) is 35.4 Å². The Labute approximate surface area is 129 Å². The van der Waals surface area contributed by atoms with Crippen LogP contribution in [0.2, 0.25) is 0 Å². The maximum absolute atomic E-state index is 6.05. The van der Waals surface area contributed by atoms with Gasteiger partial charge in [-0.15, -0.1) is 5.10 Å². The van der Waals surface area contributed by atoms with Gasteiger partial charge in [0.25, 0.3) is 0 Å². The van der Waals surface area contributed by atoms with Crippen molar-refractivity contribution in [3.05, 3.63) is 41.8 Å². The third-order valence-corrected chi connectivity index (χ3v) is 3.80. The highest BCUT2D eigenvalue weighted by Gasteiger charge is 2.29. The van der Waals surface area contributed by atoms with Crippen molar-refractivity contribution in [3.8, 4) is 0 Å². The van der Waals surface area contributed by atoms with E-state index in [0.717, 1.165) is 19.3 Å². The molecule has 0 radical (unpaired) electrons. The van der Waals surface area contributed by atoms with E-state index in [0.29, 0.717) is 25.1 Å². The first-order valence-corrected chi connectivity index (χ1v) is 7.58. The fourth-order valence-electron chi connectivity index (χ4n) is 2.72. The molecule has 0 amide bonds. The van der Waals surface area contributed by atoms with E-state index in [4.69, 9.17) is 13.9 Å². The highest BCUT2D eigenvalue weighted by Crippen LogP contribution is 2.26. The summed E-state index contributed by atoms with van der Waals surface area (Å²) in [5.74, 6) is 0.477. The lowest BCUT2D eigenvalue weighted by Gasteiger charge is -2.20. The van der Waals surface area contributed by atoms with Crippen molar-refractivity contribution < 1.29 is 13.9 Å². The lowest BCUT2D eigenvalue weighted by Crippen LogP contribution is -2.30. The van der Waals surface area contributed by atoms with Crippen LogP contribution in [0.5, 0.6) is 0 Å². The molecule has 0 unspecified atom stereocenters. The van der Waals surface area contributed by atoms with Crippen LogP contribution in [-0.2, 0) is 22.7 Å². The Morgan fingerprint density at radius 2 is 2.05 bits per heavy atom. The Morgan fingerprint density at radius 3 is 2.86 bits per heavy atom. The first kappa shape index (κ1) is 15.0. The van der Waals surface area contributed by atoms with Gasteiger partial charge in [0.1, 0.15) is 6.61 Å². The number of hydrogen-bond acceptors (Lipinski definition) is 6. The van der Waals surface area contributed by atoms with E-state index in [1.54, 1.807) is 7.11 Å². The summed E-state index contributed by atoms with van der Waals surface area (Å²) >= 11 is 0. The molecule has 3 rings (SSSR count). The Kier molecular flexibility index (Phi) is 5.03. The summed E-state index contributed by atoms with van der Waals surface area (Å²) in [4.78, 5) is 0. The predicted molar refractivity (Wildman–Crippen MR) is 81.3 cm³/mol. The zero-order chi connectivity index (χ0) is 15.2. The average molecular weight is 303 g/mol. The Bertz CT molecular complexity index is 573. The van der Waals surface area contributed by atoms with Gasteiger partial charge in [-0.25, -0.2) is 0 Å². The number of hydrogen-bond donors (Lipinski definition) is 1. The molecule has 1 aliphatic carbocycles. The molecule has 1 heterocycles. The Balaban J connectivity index is 1.53. The second-order valence-corrected chi connectivity index (χ2v) is 5.45. The number of ether oxygens (including phenoxy) is 2. The summed E-state index contributed by atoms with van der Waals surface area (Å²) in [6.07, 6.45) is 3.39. The molecule has 1 saturated carbocycles. The van der Waals surface area contributed by atoms with E-state index in [2.05, 4.69) is 27.6 Å². The number of benzene rings is 1. The number of methoxy groups -OCH3 is 1. The smallest absolute Gasteiger partial charge is 0.315 e. The maximum Gasteiger partial charge on any atom is 0.315 e. The molecular weight excluding hydrogens is 282 g/mol. The highest BCUT2D eigenvalue weighted by atomic mass is 16.5. The van der Waals surface area contributed by atoms with Gasteiger partial charge in [0.15, 0.2) is 0 Å². The van der Waals surface area contributed by atoms with E-state index in [1.807, 2.05) is 18.2 Å². The molecule has 0 saturated heterocycles. The second kappa shape index (κ2) is 7.38. The van der Waals surface area contributed by atoms with Crippen LogP contribution >= 0.6 is 0 Å². The molecule has 2 atom stereocenters. The first-order chi connectivity index (χ1) is 10.8. The Morgan fingerprint density at radius 1 is 1.18 bits per heavy atom. The van der Waals surface area contributed by atoms with Crippen LogP contribution in [0.4, 0.5) is 6.01 Å². The summed E-state index contributed by atoms with van der Waals surface area (Å²) < 4.78 is 16.5. The van der Waals surface area contributed by atoms with Gasteiger partial charge in [0.05, 0.1) is 18.8 Å². The first-order valence-electron chi connectivity index (χ1n) is 7.58. The third-order valence-electron chi connectivity index (χ3n) is 3.80. The number of anilines is 1. The number of rotatable bonds is 7. The minimum absolute atomic E-state index is 0.165. The van der Waals surface area contributed by atoms with Gasteiger partial charge < -0.3 is 19.2 Å². The summed E-state index contributed by atoms with van der Waals surface area (Å²) in [7, 11) is 1.60. The summed E-state index contributed by atoms with van der Waals surface area (Å²) in [6, 6.07) is 10.9. The van der Waals surface area contributed by atoms with Gasteiger partial charge in [-0.05, 0) is 24.8 Å². The van der Waals surface area contributed by atoms with Crippen LogP contribution in [0.25, 0.3) is 0 Å². The van der Waals surface area contributed by atoms with Crippen LogP contribution in [-0.4, -0.2) is 29.5 Å².